The molecule has 0 saturated carbocycles. The largest absolute Gasteiger partial charge is 0.464 e. The number of furan rings is 1. The molecular formula is C15H16N2O3. The van der Waals surface area contributed by atoms with Gasteiger partial charge in [-0.3, -0.25) is 0 Å². The number of hydrogen-bond acceptors (Lipinski definition) is 3. The standard InChI is InChI=1S/C15H16N2O3/c18-15(17-6-9-19-10-7-17)16-13-4-1-3-12(11-13)14-5-2-8-20-14/h1-5,8,11H,6-7,9-10H2,(H,16,18). The summed E-state index contributed by atoms with van der Waals surface area (Å²) in [5.41, 5.74) is 1.70. The van der Waals surface area contributed by atoms with Crippen LogP contribution in [0.15, 0.2) is 47.1 Å². The lowest BCUT2D eigenvalue weighted by Gasteiger charge is -2.26. The molecule has 1 aromatic carbocycles. The number of benzene rings is 1. The highest BCUT2D eigenvalue weighted by Gasteiger charge is 2.16. The van der Waals surface area contributed by atoms with Crippen LogP contribution in [-0.2, 0) is 4.74 Å². The Morgan fingerprint density at radius 2 is 2.00 bits per heavy atom. The zero-order valence-corrected chi connectivity index (χ0v) is 11.0. The molecule has 1 fully saturated rings. The van der Waals surface area contributed by atoms with Crippen LogP contribution in [0.2, 0.25) is 0 Å². The second-order valence-electron chi connectivity index (χ2n) is 4.59. The molecule has 104 valence electrons. The average Bonchev–Trinajstić information content (AvgIpc) is 3.03. The minimum absolute atomic E-state index is 0.0927. The quantitative estimate of drug-likeness (QED) is 0.914. The summed E-state index contributed by atoms with van der Waals surface area (Å²) in [4.78, 5) is 13.9. The van der Waals surface area contributed by atoms with Crippen LogP contribution in [0.25, 0.3) is 11.3 Å². The number of anilines is 1. The number of amides is 2. The Kier molecular flexibility index (Phi) is 3.69. The highest BCUT2D eigenvalue weighted by Crippen LogP contribution is 2.23. The van der Waals surface area contributed by atoms with Crippen molar-refractivity contribution in [2.24, 2.45) is 0 Å². The third-order valence-corrected chi connectivity index (χ3v) is 3.22. The van der Waals surface area contributed by atoms with Gasteiger partial charge in [0.15, 0.2) is 0 Å². The first kappa shape index (κ1) is 12.7. The number of rotatable bonds is 2. The average molecular weight is 272 g/mol. The summed E-state index contributed by atoms with van der Waals surface area (Å²) in [6.45, 7) is 2.45. The molecule has 0 bridgehead atoms. The fraction of sp³-hybridized carbons (Fsp3) is 0.267. The van der Waals surface area contributed by atoms with Crippen molar-refractivity contribution in [3.63, 3.8) is 0 Å². The van der Waals surface area contributed by atoms with Crippen molar-refractivity contribution in [2.75, 3.05) is 31.6 Å². The number of carbonyl (C=O) groups is 1. The van der Waals surface area contributed by atoms with E-state index in [4.69, 9.17) is 9.15 Å². The molecule has 1 aliphatic rings. The molecule has 1 aliphatic heterocycles. The predicted molar refractivity (Wildman–Crippen MR) is 75.6 cm³/mol. The second-order valence-corrected chi connectivity index (χ2v) is 4.59. The molecule has 0 spiro atoms. The molecule has 3 rings (SSSR count). The van der Waals surface area contributed by atoms with Gasteiger partial charge in [-0.1, -0.05) is 12.1 Å². The van der Waals surface area contributed by atoms with E-state index in [1.54, 1.807) is 11.2 Å². The molecule has 5 nitrogen and oxygen atoms in total. The Hall–Kier alpha value is -2.27. The smallest absolute Gasteiger partial charge is 0.321 e. The Labute approximate surface area is 117 Å². The van der Waals surface area contributed by atoms with Crippen molar-refractivity contribution >= 4 is 11.7 Å². The van der Waals surface area contributed by atoms with Crippen molar-refractivity contribution in [1.29, 1.82) is 0 Å². The summed E-state index contributed by atoms with van der Waals surface area (Å²) in [6, 6.07) is 11.2. The van der Waals surface area contributed by atoms with Gasteiger partial charge < -0.3 is 19.4 Å². The maximum atomic E-state index is 12.1. The van der Waals surface area contributed by atoms with Crippen molar-refractivity contribution < 1.29 is 13.9 Å². The summed E-state index contributed by atoms with van der Waals surface area (Å²) >= 11 is 0. The van der Waals surface area contributed by atoms with Crippen LogP contribution in [0.5, 0.6) is 0 Å². The number of nitrogens with one attached hydrogen (secondary N) is 1. The van der Waals surface area contributed by atoms with Crippen molar-refractivity contribution in [2.45, 2.75) is 0 Å². The van der Waals surface area contributed by atoms with E-state index >= 15 is 0 Å². The summed E-state index contributed by atoms with van der Waals surface area (Å²) in [5, 5.41) is 2.90. The predicted octanol–water partition coefficient (Wildman–Crippen LogP) is 2.81. The van der Waals surface area contributed by atoms with E-state index < -0.39 is 0 Å². The van der Waals surface area contributed by atoms with E-state index in [-0.39, 0.29) is 6.03 Å². The minimum atomic E-state index is -0.0927. The van der Waals surface area contributed by atoms with Crippen LogP contribution in [-0.4, -0.2) is 37.2 Å². The molecule has 0 radical (unpaired) electrons. The van der Waals surface area contributed by atoms with Gasteiger partial charge in [-0.05, 0) is 24.3 Å². The SMILES string of the molecule is O=C(Nc1cccc(-c2ccco2)c1)N1CCOCC1. The zero-order valence-electron chi connectivity index (χ0n) is 11.0. The third-order valence-electron chi connectivity index (χ3n) is 3.22. The summed E-state index contributed by atoms with van der Waals surface area (Å²) in [7, 11) is 0. The Bertz CT molecular complexity index is 575. The van der Waals surface area contributed by atoms with Gasteiger partial charge >= 0.3 is 6.03 Å². The lowest BCUT2D eigenvalue weighted by Crippen LogP contribution is -2.43. The number of urea groups is 1. The molecule has 1 saturated heterocycles. The van der Waals surface area contributed by atoms with E-state index in [1.165, 1.54) is 0 Å². The van der Waals surface area contributed by atoms with Crippen LogP contribution >= 0.6 is 0 Å². The first-order valence-electron chi connectivity index (χ1n) is 6.60. The lowest BCUT2D eigenvalue weighted by atomic mass is 10.1. The fourth-order valence-corrected chi connectivity index (χ4v) is 2.16. The van der Waals surface area contributed by atoms with Crippen LogP contribution in [0.3, 0.4) is 0 Å². The molecular weight excluding hydrogens is 256 g/mol. The van der Waals surface area contributed by atoms with Gasteiger partial charge in [-0.2, -0.15) is 0 Å². The van der Waals surface area contributed by atoms with Gasteiger partial charge in [0.25, 0.3) is 0 Å². The maximum absolute atomic E-state index is 12.1. The molecule has 2 aromatic rings. The van der Waals surface area contributed by atoms with Gasteiger partial charge in [0, 0.05) is 24.3 Å². The van der Waals surface area contributed by atoms with Crippen LogP contribution < -0.4 is 5.32 Å². The summed E-state index contributed by atoms with van der Waals surface area (Å²) in [6.07, 6.45) is 1.63. The molecule has 5 heteroatoms. The normalized spacial score (nSPS) is 15.1. The van der Waals surface area contributed by atoms with Gasteiger partial charge in [-0.15, -0.1) is 0 Å². The first-order chi connectivity index (χ1) is 9.83. The van der Waals surface area contributed by atoms with Gasteiger partial charge in [0.2, 0.25) is 0 Å². The number of nitrogens with zero attached hydrogens (tertiary/aromatic N) is 1. The number of hydrogen-bond donors (Lipinski definition) is 1. The number of ether oxygens (including phenoxy) is 1. The third kappa shape index (κ3) is 2.83. The molecule has 1 N–H and O–H groups in total. The molecule has 0 aliphatic carbocycles. The molecule has 0 unspecified atom stereocenters. The summed E-state index contributed by atoms with van der Waals surface area (Å²) in [5.74, 6) is 0.785. The topological polar surface area (TPSA) is 54.7 Å². The molecule has 2 heterocycles. The Morgan fingerprint density at radius 1 is 1.15 bits per heavy atom. The highest BCUT2D eigenvalue weighted by atomic mass is 16.5. The molecule has 2 amide bonds. The lowest BCUT2D eigenvalue weighted by molar-refractivity contribution is 0.0564. The summed E-state index contributed by atoms with van der Waals surface area (Å²) < 4.78 is 10.6. The van der Waals surface area contributed by atoms with Crippen LogP contribution in [0.4, 0.5) is 10.5 Å². The maximum Gasteiger partial charge on any atom is 0.321 e. The monoisotopic (exact) mass is 272 g/mol. The fourth-order valence-electron chi connectivity index (χ4n) is 2.16. The van der Waals surface area contributed by atoms with E-state index in [0.29, 0.717) is 26.3 Å². The van der Waals surface area contributed by atoms with Crippen LogP contribution in [0, 0.1) is 0 Å². The van der Waals surface area contributed by atoms with Crippen molar-refractivity contribution in [3.8, 4) is 11.3 Å². The van der Waals surface area contributed by atoms with E-state index in [1.807, 2.05) is 36.4 Å². The second kappa shape index (κ2) is 5.79. The Morgan fingerprint density at radius 3 is 2.75 bits per heavy atom. The van der Waals surface area contributed by atoms with E-state index in [0.717, 1.165) is 17.0 Å². The van der Waals surface area contributed by atoms with Gasteiger partial charge in [0.1, 0.15) is 5.76 Å². The van der Waals surface area contributed by atoms with Crippen LogP contribution in [0.1, 0.15) is 0 Å². The zero-order chi connectivity index (χ0) is 13.8. The van der Waals surface area contributed by atoms with Crippen molar-refractivity contribution in [1.82, 2.24) is 4.90 Å². The van der Waals surface area contributed by atoms with E-state index in [9.17, 15) is 4.79 Å². The van der Waals surface area contributed by atoms with E-state index in [2.05, 4.69) is 5.32 Å². The van der Waals surface area contributed by atoms with Crippen molar-refractivity contribution in [3.05, 3.63) is 42.7 Å². The molecule has 1 aromatic heterocycles. The molecule has 0 atom stereocenters. The first-order valence-corrected chi connectivity index (χ1v) is 6.60. The molecule has 20 heavy (non-hydrogen) atoms. The minimum Gasteiger partial charge on any atom is -0.464 e. The van der Waals surface area contributed by atoms with Gasteiger partial charge in [0.05, 0.1) is 19.5 Å². The number of morpholine rings is 1. The highest BCUT2D eigenvalue weighted by molar-refractivity contribution is 5.90. The number of carbonyl (C=O) groups excluding carboxylic acids is 1. The van der Waals surface area contributed by atoms with Gasteiger partial charge in [-0.25, -0.2) is 4.79 Å². The Balaban J connectivity index is 1.71.